The van der Waals surface area contributed by atoms with E-state index in [-0.39, 0.29) is 0 Å². The smallest absolute Gasteiger partial charge is 0.0392 e. The van der Waals surface area contributed by atoms with Gasteiger partial charge in [-0.1, -0.05) is 62.4 Å². The average Bonchev–Trinajstić information content (AvgIpc) is 2.53. The number of hydrogen-bond acceptors (Lipinski definition) is 1. The van der Waals surface area contributed by atoms with Crippen LogP contribution in [0, 0.1) is 0 Å². The molecule has 104 valence electrons. The van der Waals surface area contributed by atoms with Gasteiger partial charge in [-0.2, -0.15) is 0 Å². The number of benzene rings is 2. The Bertz CT molecular complexity index is 574. The molecule has 0 fully saturated rings. The number of rotatable bonds is 3. The lowest BCUT2D eigenvalue weighted by molar-refractivity contribution is 0.404. The van der Waals surface area contributed by atoms with Crippen LogP contribution in [-0.2, 0) is 13.0 Å². The Morgan fingerprint density at radius 3 is 2.55 bits per heavy atom. The Labute approximate surface area is 122 Å². The quantitative estimate of drug-likeness (QED) is 0.856. The van der Waals surface area contributed by atoms with Gasteiger partial charge in [0.1, 0.15) is 0 Å². The molecule has 1 heterocycles. The van der Waals surface area contributed by atoms with Gasteiger partial charge in [0.2, 0.25) is 0 Å². The summed E-state index contributed by atoms with van der Waals surface area (Å²) in [5.74, 6) is 0.576. The predicted molar refractivity (Wildman–Crippen MR) is 84.9 cm³/mol. The van der Waals surface area contributed by atoms with Crippen molar-refractivity contribution in [3.63, 3.8) is 0 Å². The highest BCUT2D eigenvalue weighted by Crippen LogP contribution is 2.39. The molecule has 2 aromatic carbocycles. The fraction of sp³-hybridized carbons (Fsp3) is 0.368. The van der Waals surface area contributed by atoms with Gasteiger partial charge in [-0.05, 0) is 35.1 Å². The van der Waals surface area contributed by atoms with Crippen molar-refractivity contribution in [2.45, 2.75) is 45.2 Å². The third kappa shape index (κ3) is 2.38. The molecule has 0 amide bonds. The first-order valence-corrected chi connectivity index (χ1v) is 7.73. The average molecular weight is 265 g/mol. The molecule has 1 aliphatic rings. The summed E-state index contributed by atoms with van der Waals surface area (Å²) in [6, 6.07) is 18.3. The van der Waals surface area contributed by atoms with Crippen LogP contribution in [0.25, 0.3) is 0 Å². The molecule has 0 radical (unpaired) electrons. The maximum absolute atomic E-state index is 3.74. The van der Waals surface area contributed by atoms with E-state index in [9.17, 15) is 0 Å². The summed E-state index contributed by atoms with van der Waals surface area (Å²) in [6.07, 6.45) is 2.29. The predicted octanol–water partition coefficient (Wildman–Crippen LogP) is 4.59. The lowest BCUT2D eigenvalue weighted by Crippen LogP contribution is -2.32. The summed E-state index contributed by atoms with van der Waals surface area (Å²) in [7, 11) is 0. The van der Waals surface area contributed by atoms with Gasteiger partial charge in [-0.3, -0.25) is 0 Å². The fourth-order valence-corrected chi connectivity index (χ4v) is 3.40. The second-order valence-corrected chi connectivity index (χ2v) is 5.67. The lowest BCUT2D eigenvalue weighted by Gasteiger charge is -2.35. The molecule has 2 unspecified atom stereocenters. The molecule has 0 spiro atoms. The summed E-state index contributed by atoms with van der Waals surface area (Å²) in [5.41, 5.74) is 5.88. The van der Waals surface area contributed by atoms with Crippen molar-refractivity contribution in [3.8, 4) is 0 Å². The van der Waals surface area contributed by atoms with Crippen LogP contribution in [0.4, 0.5) is 0 Å². The highest BCUT2D eigenvalue weighted by molar-refractivity contribution is 5.39. The van der Waals surface area contributed by atoms with Gasteiger partial charge in [0, 0.05) is 18.5 Å². The van der Waals surface area contributed by atoms with Gasteiger partial charge >= 0.3 is 0 Å². The number of nitrogens with one attached hydrogen (secondary N) is 1. The summed E-state index contributed by atoms with van der Waals surface area (Å²) in [4.78, 5) is 0. The third-order valence-electron chi connectivity index (χ3n) is 4.53. The van der Waals surface area contributed by atoms with Gasteiger partial charge in [0.15, 0.2) is 0 Å². The number of hydrogen-bond donors (Lipinski definition) is 1. The van der Waals surface area contributed by atoms with E-state index < -0.39 is 0 Å². The van der Waals surface area contributed by atoms with Gasteiger partial charge < -0.3 is 5.32 Å². The first-order chi connectivity index (χ1) is 9.83. The second-order valence-electron chi connectivity index (χ2n) is 5.67. The molecule has 1 nitrogen and oxygen atoms in total. The van der Waals surface area contributed by atoms with E-state index >= 15 is 0 Å². The Morgan fingerprint density at radius 1 is 1.05 bits per heavy atom. The molecule has 0 saturated carbocycles. The van der Waals surface area contributed by atoms with Crippen LogP contribution in [0.1, 0.15) is 54.5 Å². The largest absolute Gasteiger partial charge is 0.305 e. The molecule has 0 aromatic heterocycles. The maximum atomic E-state index is 3.74. The van der Waals surface area contributed by atoms with Crippen LogP contribution in [-0.4, -0.2) is 0 Å². The number of fused-ring (bicyclic) bond motifs is 1. The van der Waals surface area contributed by atoms with Gasteiger partial charge in [0.05, 0.1) is 0 Å². The second kappa shape index (κ2) is 5.80. The van der Waals surface area contributed by atoms with E-state index in [1.54, 1.807) is 0 Å². The highest BCUT2D eigenvalue weighted by atomic mass is 14.9. The van der Waals surface area contributed by atoms with Crippen LogP contribution < -0.4 is 5.32 Å². The van der Waals surface area contributed by atoms with Crippen molar-refractivity contribution in [1.29, 1.82) is 0 Å². The minimum atomic E-state index is 0.446. The van der Waals surface area contributed by atoms with E-state index in [1.165, 1.54) is 28.7 Å². The zero-order chi connectivity index (χ0) is 13.9. The van der Waals surface area contributed by atoms with E-state index in [4.69, 9.17) is 0 Å². The Kier molecular flexibility index (Phi) is 3.88. The first-order valence-electron chi connectivity index (χ1n) is 7.73. The molecule has 0 aliphatic carbocycles. The molecule has 1 N–H and O–H groups in total. The summed E-state index contributed by atoms with van der Waals surface area (Å²) in [6.45, 7) is 5.51. The minimum absolute atomic E-state index is 0.446. The van der Waals surface area contributed by atoms with Crippen molar-refractivity contribution in [2.75, 3.05) is 0 Å². The molecule has 1 heteroatoms. The molecule has 3 rings (SSSR count). The molecule has 1 aliphatic heterocycles. The van der Waals surface area contributed by atoms with Crippen LogP contribution in [0.15, 0.2) is 48.5 Å². The molecule has 0 saturated heterocycles. The highest BCUT2D eigenvalue weighted by Gasteiger charge is 2.28. The Morgan fingerprint density at radius 2 is 1.85 bits per heavy atom. The summed E-state index contributed by atoms with van der Waals surface area (Å²) < 4.78 is 0. The normalized spacial score (nSPS) is 21.5. The Hall–Kier alpha value is -1.60. The van der Waals surface area contributed by atoms with Crippen molar-refractivity contribution in [2.24, 2.45) is 0 Å². The zero-order valence-corrected chi connectivity index (χ0v) is 12.4. The van der Waals surface area contributed by atoms with E-state index in [0.29, 0.717) is 12.0 Å². The van der Waals surface area contributed by atoms with Crippen LogP contribution >= 0.6 is 0 Å². The van der Waals surface area contributed by atoms with Crippen molar-refractivity contribution < 1.29 is 0 Å². The molecular weight excluding hydrogens is 242 g/mol. The molecule has 20 heavy (non-hydrogen) atoms. The van der Waals surface area contributed by atoms with Crippen molar-refractivity contribution in [3.05, 3.63) is 70.8 Å². The zero-order valence-electron chi connectivity index (χ0n) is 12.4. The maximum Gasteiger partial charge on any atom is 0.0392 e. The monoisotopic (exact) mass is 265 g/mol. The lowest BCUT2D eigenvalue weighted by atomic mass is 9.79. The summed E-state index contributed by atoms with van der Waals surface area (Å²) >= 11 is 0. The molecule has 2 aromatic rings. The van der Waals surface area contributed by atoms with Gasteiger partial charge in [-0.15, -0.1) is 0 Å². The van der Waals surface area contributed by atoms with E-state index in [2.05, 4.69) is 67.7 Å². The SMILES string of the molecule is CCc1ccc2c(c1)CNC(c1ccccc1)C2CC. The van der Waals surface area contributed by atoms with Crippen molar-refractivity contribution in [1.82, 2.24) is 5.32 Å². The molecule has 2 atom stereocenters. The Balaban J connectivity index is 1.98. The molecular formula is C19H23N. The van der Waals surface area contributed by atoms with Crippen LogP contribution in [0.2, 0.25) is 0 Å². The van der Waals surface area contributed by atoms with Gasteiger partial charge in [0.25, 0.3) is 0 Å². The fourth-order valence-electron chi connectivity index (χ4n) is 3.40. The topological polar surface area (TPSA) is 12.0 Å². The summed E-state index contributed by atoms with van der Waals surface area (Å²) in [5, 5.41) is 3.74. The van der Waals surface area contributed by atoms with E-state index in [0.717, 1.165) is 13.0 Å². The van der Waals surface area contributed by atoms with Gasteiger partial charge in [-0.25, -0.2) is 0 Å². The van der Waals surface area contributed by atoms with Crippen LogP contribution in [0.3, 0.4) is 0 Å². The third-order valence-corrected chi connectivity index (χ3v) is 4.53. The standard InChI is InChI=1S/C19H23N/c1-3-14-10-11-18-16(12-14)13-20-19(17(18)4-2)15-8-6-5-7-9-15/h5-12,17,19-20H,3-4,13H2,1-2H3. The van der Waals surface area contributed by atoms with Crippen molar-refractivity contribution >= 4 is 0 Å². The van der Waals surface area contributed by atoms with E-state index in [1.807, 2.05) is 0 Å². The number of aryl methyl sites for hydroxylation is 1. The van der Waals surface area contributed by atoms with Crippen LogP contribution in [0.5, 0.6) is 0 Å². The minimum Gasteiger partial charge on any atom is -0.305 e. The molecule has 0 bridgehead atoms. The first kappa shape index (κ1) is 13.4.